The highest BCUT2D eigenvalue weighted by Gasteiger charge is 2.29. The Labute approximate surface area is 162 Å². The zero-order valence-electron chi connectivity index (χ0n) is 15.5. The Balaban J connectivity index is 1.63. The third kappa shape index (κ3) is 3.30. The van der Waals surface area contributed by atoms with Crippen LogP contribution in [0.15, 0.2) is 41.9 Å². The largest absolute Gasteiger partial charge is 0.338 e. The molecule has 1 unspecified atom stereocenters. The van der Waals surface area contributed by atoms with Crippen LogP contribution in [0.3, 0.4) is 0 Å². The molecular weight excluding hydrogens is 361 g/mol. The first-order valence-corrected chi connectivity index (χ1v) is 10.1. The van der Waals surface area contributed by atoms with Gasteiger partial charge in [-0.3, -0.25) is 4.79 Å². The average Bonchev–Trinajstić information content (AvgIpc) is 3.31. The first-order valence-electron chi connectivity index (χ1n) is 9.18. The van der Waals surface area contributed by atoms with Gasteiger partial charge in [-0.2, -0.15) is 0 Å². The number of para-hydroxylation sites is 1. The quantitative estimate of drug-likeness (QED) is 0.657. The molecule has 0 radical (unpaired) electrons. The van der Waals surface area contributed by atoms with Crippen LogP contribution in [-0.2, 0) is 0 Å². The summed E-state index contributed by atoms with van der Waals surface area (Å²) in [6, 6.07) is 8.53. The number of hydrogen-bond donors (Lipinski definition) is 0. The number of carbonyl (C=O) groups is 1. The van der Waals surface area contributed by atoms with Crippen LogP contribution in [0.4, 0.5) is 4.39 Å². The van der Waals surface area contributed by atoms with E-state index in [4.69, 9.17) is 0 Å². The summed E-state index contributed by atoms with van der Waals surface area (Å²) in [6.07, 6.45) is 3.86. The Morgan fingerprint density at radius 1 is 1.30 bits per heavy atom. The van der Waals surface area contributed by atoms with Crippen LogP contribution in [0.1, 0.15) is 45.5 Å². The molecule has 1 aliphatic heterocycles. The molecule has 1 amide bonds. The zero-order valence-corrected chi connectivity index (χ0v) is 16.3. The first kappa shape index (κ1) is 17.9. The molecule has 27 heavy (non-hydrogen) atoms. The SMILES string of the molecule is Cc1cc(C(=O)N2CCCC(c3nccs3)C2)c(C)n1-c1ccccc1F. The van der Waals surface area contributed by atoms with E-state index >= 15 is 0 Å². The van der Waals surface area contributed by atoms with Crippen LogP contribution in [0.25, 0.3) is 5.69 Å². The topological polar surface area (TPSA) is 38.1 Å². The van der Waals surface area contributed by atoms with Crippen LogP contribution in [0, 0.1) is 19.7 Å². The molecular formula is C21H22FN3OS. The molecule has 0 bridgehead atoms. The maximum Gasteiger partial charge on any atom is 0.255 e. The van der Waals surface area contributed by atoms with Crippen molar-refractivity contribution >= 4 is 17.2 Å². The lowest BCUT2D eigenvalue weighted by atomic mass is 9.98. The fourth-order valence-electron chi connectivity index (χ4n) is 3.95. The van der Waals surface area contributed by atoms with Gasteiger partial charge in [0.05, 0.1) is 16.3 Å². The number of hydrogen-bond acceptors (Lipinski definition) is 3. The lowest BCUT2D eigenvalue weighted by Gasteiger charge is -2.32. The van der Waals surface area contributed by atoms with E-state index in [2.05, 4.69) is 4.98 Å². The van der Waals surface area contributed by atoms with Crippen molar-refractivity contribution in [3.05, 3.63) is 69.7 Å². The van der Waals surface area contributed by atoms with Crippen molar-refractivity contribution in [2.75, 3.05) is 13.1 Å². The van der Waals surface area contributed by atoms with Crippen molar-refractivity contribution in [3.8, 4) is 5.69 Å². The number of nitrogens with zero attached hydrogens (tertiary/aromatic N) is 3. The van der Waals surface area contributed by atoms with Crippen LogP contribution in [-0.4, -0.2) is 33.4 Å². The summed E-state index contributed by atoms with van der Waals surface area (Å²) in [7, 11) is 0. The molecule has 4 rings (SSSR count). The maximum absolute atomic E-state index is 14.3. The minimum Gasteiger partial charge on any atom is -0.338 e. The molecule has 1 aliphatic rings. The second-order valence-corrected chi connectivity index (χ2v) is 7.96. The van der Waals surface area contributed by atoms with Crippen LogP contribution >= 0.6 is 11.3 Å². The predicted octanol–water partition coefficient (Wildman–Crippen LogP) is 4.71. The first-order chi connectivity index (χ1) is 13.1. The number of aryl methyl sites for hydroxylation is 1. The fraction of sp³-hybridized carbons (Fsp3) is 0.333. The second-order valence-electron chi connectivity index (χ2n) is 7.03. The molecule has 1 fully saturated rings. The molecule has 0 spiro atoms. The molecule has 140 valence electrons. The van der Waals surface area contributed by atoms with Gasteiger partial charge in [0.1, 0.15) is 5.82 Å². The van der Waals surface area contributed by atoms with Gasteiger partial charge in [0.25, 0.3) is 5.91 Å². The molecule has 1 saturated heterocycles. The number of carbonyl (C=O) groups excluding carboxylic acids is 1. The van der Waals surface area contributed by atoms with Gasteiger partial charge in [-0.05, 0) is 44.9 Å². The summed E-state index contributed by atoms with van der Waals surface area (Å²) in [4.78, 5) is 19.6. The molecule has 0 aliphatic carbocycles. The van der Waals surface area contributed by atoms with E-state index in [1.54, 1.807) is 23.5 Å². The molecule has 0 N–H and O–H groups in total. The van der Waals surface area contributed by atoms with Crippen LogP contribution < -0.4 is 0 Å². The number of benzene rings is 1. The van der Waals surface area contributed by atoms with E-state index in [0.717, 1.165) is 35.8 Å². The average molecular weight is 383 g/mol. The second kappa shape index (κ2) is 7.27. The summed E-state index contributed by atoms with van der Waals surface area (Å²) in [5, 5.41) is 3.09. The smallest absolute Gasteiger partial charge is 0.255 e. The molecule has 1 atom stereocenters. The van der Waals surface area contributed by atoms with E-state index in [0.29, 0.717) is 23.7 Å². The van der Waals surface area contributed by atoms with Crippen molar-refractivity contribution in [2.45, 2.75) is 32.6 Å². The summed E-state index contributed by atoms with van der Waals surface area (Å²) in [5.41, 5.74) is 2.76. The zero-order chi connectivity index (χ0) is 19.0. The summed E-state index contributed by atoms with van der Waals surface area (Å²) >= 11 is 1.65. The predicted molar refractivity (Wildman–Crippen MR) is 105 cm³/mol. The van der Waals surface area contributed by atoms with Gasteiger partial charge in [0.15, 0.2) is 0 Å². The highest BCUT2D eigenvalue weighted by Crippen LogP contribution is 2.30. The van der Waals surface area contributed by atoms with Crippen LogP contribution in [0.5, 0.6) is 0 Å². The molecule has 1 aromatic carbocycles. The van der Waals surface area contributed by atoms with E-state index < -0.39 is 0 Å². The summed E-state index contributed by atoms with van der Waals surface area (Å²) < 4.78 is 16.1. The third-order valence-electron chi connectivity index (χ3n) is 5.26. The van der Waals surface area contributed by atoms with Crippen molar-refractivity contribution in [1.29, 1.82) is 0 Å². The lowest BCUT2D eigenvalue weighted by molar-refractivity contribution is 0.0706. The Bertz CT molecular complexity index is 964. The van der Waals surface area contributed by atoms with Crippen LogP contribution in [0.2, 0.25) is 0 Å². The Hall–Kier alpha value is -2.47. The standard InChI is InChI=1S/C21H22FN3OS/c1-14-12-17(15(2)25(14)19-8-4-3-7-18(19)22)21(26)24-10-5-6-16(13-24)20-23-9-11-27-20/h3-4,7-9,11-12,16H,5-6,10,13H2,1-2H3. The Morgan fingerprint density at radius 3 is 2.85 bits per heavy atom. The van der Waals surface area contributed by atoms with Gasteiger partial charge in [0, 0.05) is 42.0 Å². The minimum absolute atomic E-state index is 0.0203. The molecule has 3 heterocycles. The van der Waals surface area contributed by atoms with Gasteiger partial charge in [-0.15, -0.1) is 11.3 Å². The fourth-order valence-corrected chi connectivity index (χ4v) is 4.72. The number of aromatic nitrogens is 2. The molecule has 0 saturated carbocycles. The van der Waals surface area contributed by atoms with Gasteiger partial charge in [0.2, 0.25) is 0 Å². The number of amides is 1. The van der Waals surface area contributed by atoms with Gasteiger partial charge < -0.3 is 9.47 Å². The number of rotatable bonds is 3. The number of halogens is 1. The summed E-state index contributed by atoms with van der Waals surface area (Å²) in [5.74, 6) is 0.0322. The summed E-state index contributed by atoms with van der Waals surface area (Å²) in [6.45, 7) is 5.24. The molecule has 6 heteroatoms. The van der Waals surface area contributed by atoms with E-state index in [1.807, 2.05) is 47.0 Å². The van der Waals surface area contributed by atoms with Gasteiger partial charge >= 0.3 is 0 Å². The maximum atomic E-state index is 14.3. The highest BCUT2D eigenvalue weighted by molar-refractivity contribution is 7.09. The van der Waals surface area contributed by atoms with Gasteiger partial charge in [-0.1, -0.05) is 12.1 Å². The molecule has 2 aromatic heterocycles. The normalized spacial score (nSPS) is 17.3. The van der Waals surface area contributed by atoms with Crippen molar-refractivity contribution in [3.63, 3.8) is 0 Å². The van der Waals surface area contributed by atoms with Crippen molar-refractivity contribution < 1.29 is 9.18 Å². The van der Waals surface area contributed by atoms with Gasteiger partial charge in [-0.25, -0.2) is 9.37 Å². The van der Waals surface area contributed by atoms with Crippen molar-refractivity contribution in [2.24, 2.45) is 0 Å². The van der Waals surface area contributed by atoms with E-state index in [9.17, 15) is 9.18 Å². The Kier molecular flexibility index (Phi) is 4.83. The Morgan fingerprint density at radius 2 is 2.11 bits per heavy atom. The number of thiazole rings is 1. The monoisotopic (exact) mass is 383 g/mol. The number of piperidine rings is 1. The minimum atomic E-state index is -0.292. The van der Waals surface area contributed by atoms with E-state index in [1.165, 1.54) is 6.07 Å². The highest BCUT2D eigenvalue weighted by atomic mass is 32.1. The molecule has 4 nitrogen and oxygen atoms in total. The van der Waals surface area contributed by atoms with E-state index in [-0.39, 0.29) is 11.7 Å². The van der Waals surface area contributed by atoms with Crippen molar-refractivity contribution in [1.82, 2.24) is 14.5 Å². The molecule has 3 aromatic rings. The third-order valence-corrected chi connectivity index (χ3v) is 6.20. The number of likely N-dealkylation sites (tertiary alicyclic amines) is 1. The lowest BCUT2D eigenvalue weighted by Crippen LogP contribution is -2.39.